The van der Waals surface area contributed by atoms with E-state index in [9.17, 15) is 36.2 Å². The molecule has 2 aromatic carbocycles. The molecule has 30 heavy (non-hydrogen) atoms. The summed E-state index contributed by atoms with van der Waals surface area (Å²) in [7, 11) is 0. The molecule has 3 rings (SSSR count). The number of aliphatic hydroxyl groups is 1. The summed E-state index contributed by atoms with van der Waals surface area (Å²) in [5.41, 5.74) is -1.64. The molecule has 3 nitrogen and oxygen atoms in total. The Balaban J connectivity index is 1.71. The number of benzene rings is 2. The van der Waals surface area contributed by atoms with Gasteiger partial charge in [0.15, 0.2) is 5.78 Å². The third kappa shape index (κ3) is 5.02. The molecular formula is C21H17F6NO2. The summed E-state index contributed by atoms with van der Waals surface area (Å²) in [6.45, 7) is 0. The van der Waals surface area contributed by atoms with Crippen LogP contribution in [0.1, 0.15) is 28.7 Å². The van der Waals surface area contributed by atoms with E-state index in [2.05, 4.69) is 4.98 Å². The number of aromatic nitrogens is 1. The van der Waals surface area contributed by atoms with Crippen LogP contribution in [0.4, 0.5) is 26.3 Å². The molecule has 1 heterocycles. The minimum Gasteiger partial charge on any atom is -0.385 e. The van der Waals surface area contributed by atoms with Crippen molar-refractivity contribution in [1.82, 2.24) is 4.98 Å². The number of hydrogen-bond acceptors (Lipinski definition) is 2. The number of Topliss-reactive ketones (excluding diaryl/α,β-unsaturated/α-hetero) is 1. The molecule has 0 radical (unpaired) electrons. The lowest BCUT2D eigenvalue weighted by atomic mass is 9.97. The molecular weight excluding hydrogens is 412 g/mol. The topological polar surface area (TPSA) is 53.1 Å². The van der Waals surface area contributed by atoms with E-state index in [0.717, 1.165) is 10.9 Å². The van der Waals surface area contributed by atoms with Crippen LogP contribution in [0.3, 0.4) is 0 Å². The number of nitrogens with one attached hydrogen (secondary N) is 1. The fourth-order valence-electron chi connectivity index (χ4n) is 3.22. The molecule has 0 aliphatic rings. The van der Waals surface area contributed by atoms with Crippen molar-refractivity contribution in [2.45, 2.75) is 37.7 Å². The summed E-state index contributed by atoms with van der Waals surface area (Å²) in [6, 6.07) is 8.45. The fraction of sp³-hybridized carbons (Fsp3) is 0.286. The van der Waals surface area contributed by atoms with Gasteiger partial charge in [0.2, 0.25) is 0 Å². The van der Waals surface area contributed by atoms with E-state index in [0.29, 0.717) is 17.7 Å². The number of aliphatic hydroxyl groups excluding tert-OH is 1. The number of ketones is 1. The van der Waals surface area contributed by atoms with E-state index in [1.54, 1.807) is 18.3 Å². The van der Waals surface area contributed by atoms with Crippen molar-refractivity contribution in [3.05, 3.63) is 70.9 Å². The van der Waals surface area contributed by atoms with Gasteiger partial charge >= 0.3 is 12.4 Å². The molecule has 0 spiro atoms. The third-order valence-electron chi connectivity index (χ3n) is 4.77. The highest BCUT2D eigenvalue weighted by Gasteiger charge is 2.36. The lowest BCUT2D eigenvalue weighted by Crippen LogP contribution is -2.23. The van der Waals surface area contributed by atoms with Gasteiger partial charge < -0.3 is 10.1 Å². The predicted molar refractivity (Wildman–Crippen MR) is 97.8 cm³/mol. The second kappa shape index (κ2) is 8.14. The number of carbonyl (C=O) groups excluding carboxylic acids is 1. The van der Waals surface area contributed by atoms with Crippen molar-refractivity contribution in [2.24, 2.45) is 0 Å². The summed E-state index contributed by atoms with van der Waals surface area (Å²) in [6.07, 6.45) is -10.4. The molecule has 1 atom stereocenters. The largest absolute Gasteiger partial charge is 0.416 e. The molecule has 0 saturated carbocycles. The summed E-state index contributed by atoms with van der Waals surface area (Å²) in [5.74, 6) is -0.661. The van der Waals surface area contributed by atoms with Crippen molar-refractivity contribution in [3.63, 3.8) is 0 Å². The summed E-state index contributed by atoms with van der Waals surface area (Å²) < 4.78 is 77.6. The van der Waals surface area contributed by atoms with E-state index in [4.69, 9.17) is 0 Å². The smallest absolute Gasteiger partial charge is 0.385 e. The molecule has 1 aromatic heterocycles. The average molecular weight is 429 g/mol. The molecule has 1 unspecified atom stereocenters. The van der Waals surface area contributed by atoms with Gasteiger partial charge in [0.25, 0.3) is 0 Å². The highest BCUT2D eigenvalue weighted by atomic mass is 19.4. The molecule has 0 saturated heterocycles. The maximum Gasteiger partial charge on any atom is 0.416 e. The Labute approximate surface area is 167 Å². The van der Waals surface area contributed by atoms with Crippen molar-refractivity contribution >= 4 is 16.7 Å². The lowest BCUT2D eigenvalue weighted by Gasteiger charge is -2.14. The van der Waals surface area contributed by atoms with E-state index in [1.165, 1.54) is 0 Å². The minimum atomic E-state index is -4.95. The van der Waals surface area contributed by atoms with Crippen molar-refractivity contribution in [2.75, 3.05) is 0 Å². The number of aromatic amines is 1. The zero-order valence-electron chi connectivity index (χ0n) is 15.4. The van der Waals surface area contributed by atoms with Crippen LogP contribution in [0.25, 0.3) is 10.9 Å². The van der Waals surface area contributed by atoms with Crippen LogP contribution in [0, 0.1) is 0 Å². The number of rotatable bonds is 6. The summed E-state index contributed by atoms with van der Waals surface area (Å²) in [5, 5.41) is 11.0. The summed E-state index contributed by atoms with van der Waals surface area (Å²) in [4.78, 5) is 15.2. The van der Waals surface area contributed by atoms with Crippen molar-refractivity contribution < 1.29 is 36.2 Å². The molecule has 0 amide bonds. The van der Waals surface area contributed by atoms with Gasteiger partial charge in [-0.3, -0.25) is 4.79 Å². The number of aryl methyl sites for hydroxylation is 1. The quantitative estimate of drug-likeness (QED) is 0.522. The molecule has 2 N–H and O–H groups in total. The van der Waals surface area contributed by atoms with Crippen molar-refractivity contribution in [1.29, 1.82) is 0 Å². The number of alkyl halides is 6. The third-order valence-corrected chi connectivity index (χ3v) is 4.77. The SMILES string of the molecule is O=C(CCc1cc(C(F)(F)F)cc(C(F)(F)F)c1)C(O)Cc1c[nH]c2ccccc12. The van der Waals surface area contributed by atoms with Crippen LogP contribution in [-0.4, -0.2) is 22.0 Å². The number of carbonyl (C=O) groups is 1. The van der Waals surface area contributed by atoms with E-state index < -0.39 is 35.4 Å². The number of H-pyrrole nitrogens is 1. The predicted octanol–water partition coefficient (Wildman–Crippen LogP) is 5.31. The second-order valence-electron chi connectivity index (χ2n) is 6.96. The molecule has 9 heteroatoms. The first kappa shape index (κ1) is 21.9. The van der Waals surface area contributed by atoms with Gasteiger partial charge in [0.1, 0.15) is 6.10 Å². The van der Waals surface area contributed by atoms with Crippen LogP contribution < -0.4 is 0 Å². The minimum absolute atomic E-state index is 0.0146. The van der Waals surface area contributed by atoms with Crippen LogP contribution in [0.2, 0.25) is 0 Å². The first-order chi connectivity index (χ1) is 13.9. The van der Waals surface area contributed by atoms with Crippen LogP contribution in [-0.2, 0) is 30.0 Å². The van der Waals surface area contributed by atoms with E-state index >= 15 is 0 Å². The Bertz CT molecular complexity index is 1020. The van der Waals surface area contributed by atoms with Gasteiger partial charge in [-0.1, -0.05) is 18.2 Å². The van der Waals surface area contributed by atoms with Crippen LogP contribution in [0.15, 0.2) is 48.7 Å². The Kier molecular flexibility index (Phi) is 5.94. The lowest BCUT2D eigenvalue weighted by molar-refractivity contribution is -0.143. The molecule has 0 aliphatic carbocycles. The van der Waals surface area contributed by atoms with Gasteiger partial charge in [-0.25, -0.2) is 0 Å². The maximum absolute atomic E-state index is 12.9. The zero-order chi connectivity index (χ0) is 22.1. The molecule has 160 valence electrons. The van der Waals surface area contributed by atoms with Crippen LogP contribution in [0.5, 0.6) is 0 Å². The second-order valence-corrected chi connectivity index (χ2v) is 6.96. The number of fused-ring (bicyclic) bond motifs is 1. The van der Waals surface area contributed by atoms with E-state index in [-0.39, 0.29) is 30.9 Å². The normalized spacial score (nSPS) is 13.6. The molecule has 3 aromatic rings. The Morgan fingerprint density at radius 3 is 2.17 bits per heavy atom. The molecule has 0 aliphatic heterocycles. The number of halogens is 6. The highest BCUT2D eigenvalue weighted by molar-refractivity contribution is 5.86. The standard InChI is InChI=1S/C21H17F6NO2/c22-20(23,24)14-7-12(8-15(10-14)21(25,26)27)5-6-18(29)19(30)9-13-11-28-17-4-2-1-3-16(13)17/h1-4,7-8,10-11,19,28,30H,5-6,9H2. The van der Waals surface area contributed by atoms with Gasteiger partial charge in [-0.05, 0) is 41.8 Å². The first-order valence-corrected chi connectivity index (χ1v) is 8.99. The maximum atomic E-state index is 12.9. The Morgan fingerprint density at radius 1 is 0.967 bits per heavy atom. The summed E-state index contributed by atoms with van der Waals surface area (Å²) >= 11 is 0. The van der Waals surface area contributed by atoms with Gasteiger partial charge in [-0.2, -0.15) is 26.3 Å². The Morgan fingerprint density at radius 2 is 1.57 bits per heavy atom. The number of hydrogen-bond donors (Lipinski definition) is 2. The monoisotopic (exact) mass is 429 g/mol. The first-order valence-electron chi connectivity index (χ1n) is 8.99. The average Bonchev–Trinajstić information content (AvgIpc) is 3.07. The van der Waals surface area contributed by atoms with Gasteiger partial charge in [0, 0.05) is 29.9 Å². The van der Waals surface area contributed by atoms with Crippen molar-refractivity contribution in [3.8, 4) is 0 Å². The van der Waals surface area contributed by atoms with E-state index in [1.807, 2.05) is 12.1 Å². The van der Waals surface area contributed by atoms with Gasteiger partial charge in [0.05, 0.1) is 11.1 Å². The van der Waals surface area contributed by atoms with Gasteiger partial charge in [-0.15, -0.1) is 0 Å². The number of para-hydroxylation sites is 1. The fourth-order valence-corrected chi connectivity index (χ4v) is 3.22. The molecule has 0 bridgehead atoms. The molecule has 0 fully saturated rings. The highest BCUT2D eigenvalue weighted by Crippen LogP contribution is 2.36. The zero-order valence-corrected chi connectivity index (χ0v) is 15.4. The Hall–Kier alpha value is -2.81. The van der Waals surface area contributed by atoms with Crippen LogP contribution >= 0.6 is 0 Å².